The molecule has 1 aliphatic rings. The lowest BCUT2D eigenvalue weighted by Gasteiger charge is -2.25. The van der Waals surface area contributed by atoms with Crippen LogP contribution in [0.15, 0.2) is 18.2 Å². The molecule has 0 aliphatic heterocycles. The fourth-order valence-electron chi connectivity index (χ4n) is 1.98. The van der Waals surface area contributed by atoms with E-state index in [1.807, 2.05) is 12.1 Å². The Bertz CT molecular complexity index is 361. The number of hydrogen-bond acceptors (Lipinski definition) is 1. The van der Waals surface area contributed by atoms with Gasteiger partial charge in [-0.15, -0.1) is 11.6 Å². The van der Waals surface area contributed by atoms with Gasteiger partial charge in [0.05, 0.1) is 0 Å². The van der Waals surface area contributed by atoms with Gasteiger partial charge < -0.3 is 4.90 Å². The molecule has 1 aromatic carbocycles. The maximum atomic E-state index is 5.98. The minimum absolute atomic E-state index is 0.525. The van der Waals surface area contributed by atoms with Crippen molar-refractivity contribution in [2.45, 2.75) is 25.6 Å². The highest BCUT2D eigenvalue weighted by molar-refractivity contribution is 6.30. The van der Waals surface area contributed by atoms with Crippen molar-refractivity contribution < 1.29 is 0 Å². The van der Waals surface area contributed by atoms with E-state index in [0.717, 1.165) is 29.6 Å². The van der Waals surface area contributed by atoms with E-state index >= 15 is 0 Å². The molecule has 2 rings (SSSR count). The summed E-state index contributed by atoms with van der Waals surface area (Å²) in [6.45, 7) is 4.37. The zero-order valence-electron chi connectivity index (χ0n) is 9.55. The second-order valence-electron chi connectivity index (χ2n) is 4.39. The summed E-state index contributed by atoms with van der Waals surface area (Å²) in [5.41, 5.74) is 2.38. The normalized spacial score (nSPS) is 15.2. The monoisotopic (exact) mass is 257 g/mol. The van der Waals surface area contributed by atoms with E-state index < -0.39 is 0 Å². The van der Waals surface area contributed by atoms with E-state index in [9.17, 15) is 0 Å². The molecule has 0 spiro atoms. The van der Waals surface area contributed by atoms with Gasteiger partial charge in [0.25, 0.3) is 0 Å². The lowest BCUT2D eigenvalue weighted by atomic mass is 10.1. The number of rotatable bonds is 5. The minimum atomic E-state index is 0.525. The van der Waals surface area contributed by atoms with Crippen LogP contribution in [0.25, 0.3) is 0 Å². The van der Waals surface area contributed by atoms with Gasteiger partial charge in [-0.2, -0.15) is 0 Å². The molecule has 0 N–H and O–H groups in total. The third kappa shape index (κ3) is 2.83. The number of nitrogens with zero attached hydrogens (tertiary/aromatic N) is 1. The molecule has 3 heteroatoms. The second-order valence-corrected chi connectivity index (χ2v) is 5.09. The fraction of sp³-hybridized carbons (Fsp3) is 0.538. The molecule has 0 amide bonds. The van der Waals surface area contributed by atoms with Gasteiger partial charge in [-0.05, 0) is 49.4 Å². The highest BCUT2D eigenvalue weighted by atomic mass is 35.5. The molecular formula is C13H17Cl2N. The molecule has 1 nitrogen and oxygen atoms in total. The SMILES string of the molecule is CCN(CC1CC1)c1ccc(Cl)cc1CCl. The van der Waals surface area contributed by atoms with Gasteiger partial charge in [0, 0.05) is 29.7 Å². The fourth-order valence-corrected chi connectivity index (χ4v) is 2.39. The summed E-state index contributed by atoms with van der Waals surface area (Å²) in [5, 5.41) is 0.766. The average molecular weight is 258 g/mol. The van der Waals surface area contributed by atoms with E-state index in [0.29, 0.717) is 5.88 Å². The summed E-state index contributed by atoms with van der Waals surface area (Å²) >= 11 is 12.0. The molecule has 0 atom stereocenters. The van der Waals surface area contributed by atoms with Crippen molar-refractivity contribution in [3.8, 4) is 0 Å². The zero-order valence-corrected chi connectivity index (χ0v) is 11.1. The molecule has 1 aromatic rings. The summed E-state index contributed by atoms with van der Waals surface area (Å²) in [7, 11) is 0. The Morgan fingerprint density at radius 2 is 2.12 bits per heavy atom. The summed E-state index contributed by atoms with van der Waals surface area (Å²) in [6.07, 6.45) is 2.75. The van der Waals surface area contributed by atoms with Crippen LogP contribution in [0.4, 0.5) is 5.69 Å². The van der Waals surface area contributed by atoms with Gasteiger partial charge in [0.2, 0.25) is 0 Å². The highest BCUT2D eigenvalue weighted by Gasteiger charge is 2.24. The second kappa shape index (κ2) is 5.29. The first-order valence-electron chi connectivity index (χ1n) is 5.84. The quantitative estimate of drug-likeness (QED) is 0.711. The first kappa shape index (κ1) is 12.1. The van der Waals surface area contributed by atoms with Crippen LogP contribution in [0.3, 0.4) is 0 Å². The van der Waals surface area contributed by atoms with Crippen molar-refractivity contribution in [2.24, 2.45) is 5.92 Å². The average Bonchev–Trinajstić information content (AvgIpc) is 3.10. The molecule has 1 saturated carbocycles. The zero-order chi connectivity index (χ0) is 11.5. The Balaban J connectivity index is 2.21. The van der Waals surface area contributed by atoms with E-state index in [1.165, 1.54) is 18.5 Å². The van der Waals surface area contributed by atoms with E-state index in [1.54, 1.807) is 0 Å². The smallest absolute Gasteiger partial charge is 0.0495 e. The van der Waals surface area contributed by atoms with Gasteiger partial charge >= 0.3 is 0 Å². The first-order valence-corrected chi connectivity index (χ1v) is 6.75. The molecule has 0 bridgehead atoms. The molecule has 0 heterocycles. The van der Waals surface area contributed by atoms with Gasteiger partial charge in [0.1, 0.15) is 0 Å². The van der Waals surface area contributed by atoms with Crippen LogP contribution in [-0.2, 0) is 5.88 Å². The molecule has 0 saturated heterocycles. The van der Waals surface area contributed by atoms with Crippen molar-refractivity contribution in [1.82, 2.24) is 0 Å². The van der Waals surface area contributed by atoms with Crippen molar-refractivity contribution in [3.63, 3.8) is 0 Å². The summed E-state index contributed by atoms with van der Waals surface area (Å²) in [5.74, 6) is 1.41. The van der Waals surface area contributed by atoms with Crippen LogP contribution < -0.4 is 4.90 Å². The predicted molar refractivity (Wildman–Crippen MR) is 71.6 cm³/mol. The Morgan fingerprint density at radius 1 is 1.38 bits per heavy atom. The van der Waals surface area contributed by atoms with Crippen LogP contribution in [0.2, 0.25) is 5.02 Å². The highest BCUT2D eigenvalue weighted by Crippen LogP contribution is 2.33. The van der Waals surface area contributed by atoms with Crippen molar-refractivity contribution in [2.75, 3.05) is 18.0 Å². The van der Waals surface area contributed by atoms with Crippen LogP contribution in [0, 0.1) is 5.92 Å². The minimum Gasteiger partial charge on any atom is -0.371 e. The van der Waals surface area contributed by atoms with E-state index in [4.69, 9.17) is 23.2 Å². The van der Waals surface area contributed by atoms with Crippen LogP contribution in [0.5, 0.6) is 0 Å². The number of hydrogen-bond donors (Lipinski definition) is 0. The maximum Gasteiger partial charge on any atom is 0.0495 e. The van der Waals surface area contributed by atoms with Gasteiger partial charge in [-0.25, -0.2) is 0 Å². The molecular weight excluding hydrogens is 241 g/mol. The van der Waals surface area contributed by atoms with Crippen molar-refractivity contribution in [3.05, 3.63) is 28.8 Å². The molecule has 1 aliphatic carbocycles. The predicted octanol–water partition coefficient (Wildman–Crippen LogP) is 4.32. The number of alkyl halides is 1. The number of benzene rings is 1. The van der Waals surface area contributed by atoms with E-state index in [2.05, 4.69) is 17.9 Å². The molecule has 16 heavy (non-hydrogen) atoms. The Hall–Kier alpha value is -0.400. The lowest BCUT2D eigenvalue weighted by Crippen LogP contribution is -2.26. The molecule has 0 aromatic heterocycles. The van der Waals surface area contributed by atoms with Gasteiger partial charge in [-0.1, -0.05) is 11.6 Å². The Kier molecular flexibility index (Phi) is 3.99. The lowest BCUT2D eigenvalue weighted by molar-refractivity contribution is 0.739. The first-order chi connectivity index (χ1) is 7.74. The number of halogens is 2. The summed E-state index contributed by atoms with van der Waals surface area (Å²) in [6, 6.07) is 6.01. The topological polar surface area (TPSA) is 3.24 Å². The van der Waals surface area contributed by atoms with Crippen LogP contribution in [-0.4, -0.2) is 13.1 Å². The van der Waals surface area contributed by atoms with E-state index in [-0.39, 0.29) is 0 Å². The molecule has 1 fully saturated rings. The summed E-state index contributed by atoms with van der Waals surface area (Å²) in [4.78, 5) is 2.41. The molecule has 88 valence electrons. The third-order valence-electron chi connectivity index (χ3n) is 3.08. The third-order valence-corrected chi connectivity index (χ3v) is 3.61. The van der Waals surface area contributed by atoms with Crippen molar-refractivity contribution >= 4 is 28.9 Å². The van der Waals surface area contributed by atoms with Crippen LogP contribution in [0.1, 0.15) is 25.3 Å². The largest absolute Gasteiger partial charge is 0.371 e. The Labute approximate surface area is 107 Å². The van der Waals surface area contributed by atoms with Crippen molar-refractivity contribution in [1.29, 1.82) is 0 Å². The van der Waals surface area contributed by atoms with Gasteiger partial charge in [-0.3, -0.25) is 0 Å². The Morgan fingerprint density at radius 3 is 2.69 bits per heavy atom. The van der Waals surface area contributed by atoms with Crippen LogP contribution >= 0.6 is 23.2 Å². The molecule has 0 unspecified atom stereocenters. The maximum absolute atomic E-state index is 5.98. The standard InChI is InChI=1S/C13H17Cl2N/c1-2-16(9-10-3-4-10)13-6-5-12(15)7-11(13)8-14/h5-7,10H,2-4,8-9H2,1H3. The van der Waals surface area contributed by atoms with Gasteiger partial charge in [0.15, 0.2) is 0 Å². The molecule has 0 radical (unpaired) electrons. The summed E-state index contributed by atoms with van der Waals surface area (Å²) < 4.78 is 0. The number of anilines is 1.